The molecule has 1 atom stereocenters. The Hall–Kier alpha value is -0.720. The Morgan fingerprint density at radius 1 is 1.33 bits per heavy atom. The minimum absolute atomic E-state index is 0.549. The van der Waals surface area contributed by atoms with Crippen molar-refractivity contribution in [3.63, 3.8) is 0 Å². The highest BCUT2D eigenvalue weighted by molar-refractivity contribution is 7.09. The molecule has 0 radical (unpaired) electrons. The summed E-state index contributed by atoms with van der Waals surface area (Å²) in [6.45, 7) is 13.3. The third-order valence-electron chi connectivity index (χ3n) is 3.55. The smallest absolute Gasteiger partial charge is 0.202 e. The highest BCUT2D eigenvalue weighted by Crippen LogP contribution is 2.11. The van der Waals surface area contributed by atoms with E-state index in [0.29, 0.717) is 6.04 Å². The first-order valence-electron chi connectivity index (χ1n) is 6.69. The number of aromatic nitrogens is 2. The van der Waals surface area contributed by atoms with Gasteiger partial charge in [-0.25, -0.2) is 4.98 Å². The predicted molar refractivity (Wildman–Crippen MR) is 76.3 cm³/mol. The molecule has 1 fully saturated rings. The minimum Gasteiger partial charge on any atom is -0.359 e. The molecule has 1 N–H and O–H groups in total. The molecule has 0 aromatic carbocycles. The topological polar surface area (TPSA) is 44.3 Å². The van der Waals surface area contributed by atoms with Crippen LogP contribution in [0.15, 0.2) is 0 Å². The van der Waals surface area contributed by atoms with Crippen molar-refractivity contribution < 1.29 is 0 Å². The van der Waals surface area contributed by atoms with E-state index >= 15 is 0 Å². The van der Waals surface area contributed by atoms with Crippen molar-refractivity contribution in [1.29, 1.82) is 0 Å². The van der Waals surface area contributed by atoms with E-state index in [2.05, 4.69) is 38.3 Å². The lowest BCUT2D eigenvalue weighted by Crippen LogP contribution is -2.50. The summed E-state index contributed by atoms with van der Waals surface area (Å²) in [7, 11) is 0. The molecular formula is C12H23N5S. The number of likely N-dealkylation sites (N-methyl/N-ethyl adjacent to an activating group) is 1. The van der Waals surface area contributed by atoms with Crippen LogP contribution in [0.3, 0.4) is 0 Å². The molecule has 1 aliphatic rings. The van der Waals surface area contributed by atoms with Crippen LogP contribution >= 0.6 is 11.5 Å². The average molecular weight is 269 g/mol. The van der Waals surface area contributed by atoms with Crippen LogP contribution in [0, 0.1) is 6.92 Å². The van der Waals surface area contributed by atoms with Gasteiger partial charge in [0.1, 0.15) is 5.82 Å². The van der Waals surface area contributed by atoms with Crippen molar-refractivity contribution in [2.24, 2.45) is 0 Å². The van der Waals surface area contributed by atoms with E-state index < -0.39 is 0 Å². The molecular weight excluding hydrogens is 246 g/mol. The molecule has 6 heteroatoms. The molecule has 1 aliphatic heterocycles. The van der Waals surface area contributed by atoms with Crippen LogP contribution in [-0.2, 0) is 0 Å². The van der Waals surface area contributed by atoms with Crippen molar-refractivity contribution >= 4 is 16.7 Å². The van der Waals surface area contributed by atoms with Crippen molar-refractivity contribution in [3.8, 4) is 0 Å². The minimum atomic E-state index is 0.549. The normalized spacial score (nSPS) is 19.9. The Bertz CT molecular complexity index is 359. The fourth-order valence-corrected chi connectivity index (χ4v) is 2.83. The van der Waals surface area contributed by atoms with Gasteiger partial charge < -0.3 is 10.2 Å². The van der Waals surface area contributed by atoms with E-state index in [4.69, 9.17) is 0 Å². The summed E-state index contributed by atoms with van der Waals surface area (Å²) in [4.78, 5) is 9.38. The summed E-state index contributed by atoms with van der Waals surface area (Å²) in [5.74, 6) is 0.853. The Labute approximate surface area is 113 Å². The van der Waals surface area contributed by atoms with Crippen LogP contribution in [0.5, 0.6) is 0 Å². The van der Waals surface area contributed by atoms with Crippen LogP contribution in [-0.4, -0.2) is 64.5 Å². The molecule has 1 aromatic heterocycles. The molecule has 1 unspecified atom stereocenters. The van der Waals surface area contributed by atoms with Gasteiger partial charge in [-0.15, -0.1) is 0 Å². The molecule has 2 heterocycles. The fourth-order valence-electron chi connectivity index (χ4n) is 2.25. The van der Waals surface area contributed by atoms with Gasteiger partial charge in [0.2, 0.25) is 5.13 Å². The molecule has 0 bridgehead atoms. The number of rotatable bonds is 5. The van der Waals surface area contributed by atoms with Crippen LogP contribution in [0.4, 0.5) is 5.13 Å². The first-order chi connectivity index (χ1) is 8.69. The summed E-state index contributed by atoms with van der Waals surface area (Å²) in [5.41, 5.74) is 0. The van der Waals surface area contributed by atoms with Crippen LogP contribution in [0.1, 0.15) is 19.7 Å². The van der Waals surface area contributed by atoms with Crippen LogP contribution < -0.4 is 5.32 Å². The van der Waals surface area contributed by atoms with Gasteiger partial charge in [0.25, 0.3) is 0 Å². The van der Waals surface area contributed by atoms with E-state index in [0.717, 1.165) is 17.5 Å². The summed E-state index contributed by atoms with van der Waals surface area (Å²) in [6, 6.07) is 0.549. The number of aryl methyl sites for hydroxylation is 1. The van der Waals surface area contributed by atoms with E-state index in [-0.39, 0.29) is 0 Å². The summed E-state index contributed by atoms with van der Waals surface area (Å²) in [5, 5.41) is 4.31. The zero-order valence-electron chi connectivity index (χ0n) is 11.5. The summed E-state index contributed by atoms with van der Waals surface area (Å²) >= 11 is 1.44. The number of piperazine rings is 1. The number of hydrogen-bond donors (Lipinski definition) is 1. The van der Waals surface area contributed by atoms with Gasteiger partial charge in [0.05, 0.1) is 0 Å². The second-order valence-electron chi connectivity index (χ2n) is 4.85. The third-order valence-corrected chi connectivity index (χ3v) is 4.32. The van der Waals surface area contributed by atoms with Crippen molar-refractivity contribution in [2.75, 3.05) is 44.6 Å². The molecule has 2 rings (SSSR count). The second-order valence-corrected chi connectivity index (χ2v) is 5.60. The number of hydrogen-bond acceptors (Lipinski definition) is 6. The summed E-state index contributed by atoms with van der Waals surface area (Å²) in [6.07, 6.45) is 0. The standard InChI is InChI=1S/C12H23N5S/c1-4-16-5-7-17(8-6-16)10(2)9-13-12-14-11(3)15-18-12/h10H,4-9H2,1-3H3,(H,13,14,15). The molecule has 5 nitrogen and oxygen atoms in total. The number of anilines is 1. The summed E-state index contributed by atoms with van der Waals surface area (Å²) < 4.78 is 4.18. The van der Waals surface area contributed by atoms with Crippen molar-refractivity contribution in [2.45, 2.75) is 26.8 Å². The first-order valence-corrected chi connectivity index (χ1v) is 7.47. The highest BCUT2D eigenvalue weighted by Gasteiger charge is 2.20. The van der Waals surface area contributed by atoms with Crippen LogP contribution in [0.25, 0.3) is 0 Å². The van der Waals surface area contributed by atoms with Crippen molar-refractivity contribution in [3.05, 3.63) is 5.82 Å². The Balaban J connectivity index is 1.73. The maximum Gasteiger partial charge on any atom is 0.202 e. The van der Waals surface area contributed by atoms with Crippen molar-refractivity contribution in [1.82, 2.24) is 19.2 Å². The molecule has 1 saturated heterocycles. The molecule has 102 valence electrons. The van der Waals surface area contributed by atoms with Gasteiger partial charge in [0.15, 0.2) is 0 Å². The molecule has 1 aromatic rings. The van der Waals surface area contributed by atoms with Gasteiger partial charge in [-0.1, -0.05) is 6.92 Å². The Morgan fingerprint density at radius 2 is 2.06 bits per heavy atom. The quantitative estimate of drug-likeness (QED) is 0.872. The fraction of sp³-hybridized carbons (Fsp3) is 0.833. The van der Waals surface area contributed by atoms with Gasteiger partial charge in [-0.3, -0.25) is 4.90 Å². The maximum absolute atomic E-state index is 4.32. The van der Waals surface area contributed by atoms with Gasteiger partial charge in [-0.2, -0.15) is 4.37 Å². The largest absolute Gasteiger partial charge is 0.359 e. The second kappa shape index (κ2) is 6.45. The number of nitrogens with one attached hydrogen (secondary N) is 1. The molecule has 0 amide bonds. The lowest BCUT2D eigenvalue weighted by atomic mass is 10.2. The zero-order chi connectivity index (χ0) is 13.0. The van der Waals surface area contributed by atoms with E-state index in [1.165, 1.54) is 44.3 Å². The van der Waals surface area contributed by atoms with Gasteiger partial charge in [-0.05, 0) is 20.4 Å². The number of nitrogens with zero attached hydrogens (tertiary/aromatic N) is 4. The Kier molecular flexibility index (Phi) is 4.91. The molecule has 0 aliphatic carbocycles. The zero-order valence-corrected chi connectivity index (χ0v) is 12.3. The first kappa shape index (κ1) is 13.7. The third kappa shape index (κ3) is 3.63. The Morgan fingerprint density at radius 3 is 2.61 bits per heavy atom. The van der Waals surface area contributed by atoms with E-state index in [1.807, 2.05) is 6.92 Å². The highest BCUT2D eigenvalue weighted by atomic mass is 32.1. The van der Waals surface area contributed by atoms with E-state index in [1.54, 1.807) is 0 Å². The van der Waals surface area contributed by atoms with Gasteiger partial charge >= 0.3 is 0 Å². The SMILES string of the molecule is CCN1CCN(C(C)CNc2nc(C)ns2)CC1. The van der Waals surface area contributed by atoms with Crippen LogP contribution in [0.2, 0.25) is 0 Å². The molecule has 0 spiro atoms. The molecule has 18 heavy (non-hydrogen) atoms. The lowest BCUT2D eigenvalue weighted by Gasteiger charge is -2.37. The maximum atomic E-state index is 4.32. The molecule has 0 saturated carbocycles. The van der Waals surface area contributed by atoms with Gasteiger partial charge in [0, 0.05) is 50.3 Å². The van der Waals surface area contributed by atoms with E-state index in [9.17, 15) is 0 Å². The average Bonchev–Trinajstić information content (AvgIpc) is 2.82. The predicted octanol–water partition coefficient (Wildman–Crippen LogP) is 1.28. The lowest BCUT2D eigenvalue weighted by molar-refractivity contribution is 0.110. The monoisotopic (exact) mass is 269 g/mol.